The number of aliphatic hydroxyl groups excluding tert-OH is 1. The fraction of sp³-hybridized carbons (Fsp3) is 0.333. The third-order valence-corrected chi connectivity index (χ3v) is 4.04. The van der Waals surface area contributed by atoms with Crippen molar-refractivity contribution in [3.05, 3.63) is 22.8 Å². The van der Waals surface area contributed by atoms with Crippen molar-refractivity contribution in [1.29, 1.82) is 0 Å². The van der Waals surface area contributed by atoms with Crippen molar-refractivity contribution < 1.29 is 95.3 Å². The first-order chi connectivity index (χ1) is 6.97. The van der Waals surface area contributed by atoms with Gasteiger partial charge in [-0.15, -0.1) is 0 Å². The van der Waals surface area contributed by atoms with Crippen LogP contribution in [0, 0.1) is 0 Å². The summed E-state index contributed by atoms with van der Waals surface area (Å²) in [5.41, 5.74) is 0. The molecular formula is C6H6Na2O8S2. The average molecular weight is 316 g/mol. The van der Waals surface area contributed by atoms with Crippen LogP contribution in [0.1, 0.15) is 6.42 Å². The molecule has 0 bridgehead atoms. The maximum atomic E-state index is 10.6. The SMILES string of the molecule is O=S(=O)([O-])C1=C(O)C=CC(O)(S(=O)(=O)[O-])C1.[Na+].[Na+]. The fourth-order valence-corrected chi connectivity index (χ4v) is 2.44. The standard InChI is InChI=1S/C6H8O8S2.2Na/c7-4-1-2-6(8,16(12,13)14)3-5(4)15(9,10)11;;/h1-2,7-8H,3H2,(H,9,10,11)(H,12,13,14);;/q;2*+1/p-2. The van der Waals surface area contributed by atoms with Gasteiger partial charge in [0.15, 0.2) is 4.93 Å². The molecule has 0 aromatic carbocycles. The van der Waals surface area contributed by atoms with Crippen LogP contribution in [-0.2, 0) is 20.2 Å². The fourth-order valence-electron chi connectivity index (χ4n) is 1.07. The van der Waals surface area contributed by atoms with E-state index in [4.69, 9.17) is 5.11 Å². The molecule has 0 radical (unpaired) electrons. The van der Waals surface area contributed by atoms with Gasteiger partial charge in [-0.25, -0.2) is 16.8 Å². The van der Waals surface area contributed by atoms with Gasteiger partial charge in [-0.3, -0.25) is 0 Å². The Balaban J connectivity index is 0. The van der Waals surface area contributed by atoms with Gasteiger partial charge in [0.25, 0.3) is 0 Å². The van der Waals surface area contributed by atoms with E-state index in [0.29, 0.717) is 12.2 Å². The van der Waals surface area contributed by atoms with Crippen molar-refractivity contribution in [2.24, 2.45) is 0 Å². The van der Waals surface area contributed by atoms with E-state index in [-0.39, 0.29) is 59.1 Å². The van der Waals surface area contributed by atoms with Crippen LogP contribution in [0.25, 0.3) is 0 Å². The molecule has 0 fully saturated rings. The largest absolute Gasteiger partial charge is 1.00 e. The predicted octanol–water partition coefficient (Wildman–Crippen LogP) is -7.50. The summed E-state index contributed by atoms with van der Waals surface area (Å²) in [6, 6.07) is 0. The van der Waals surface area contributed by atoms with Gasteiger partial charge in [-0.1, -0.05) is 0 Å². The molecule has 0 saturated heterocycles. The smallest absolute Gasteiger partial charge is 0.745 e. The zero-order valence-electron chi connectivity index (χ0n) is 9.52. The Morgan fingerprint density at radius 3 is 1.94 bits per heavy atom. The van der Waals surface area contributed by atoms with Gasteiger partial charge in [-0.05, 0) is 12.2 Å². The Labute approximate surface area is 148 Å². The third kappa shape index (κ3) is 4.56. The van der Waals surface area contributed by atoms with Crippen LogP contribution in [0.15, 0.2) is 22.8 Å². The van der Waals surface area contributed by atoms with Crippen LogP contribution in [0.5, 0.6) is 0 Å². The topological polar surface area (TPSA) is 155 Å². The zero-order valence-corrected chi connectivity index (χ0v) is 15.2. The van der Waals surface area contributed by atoms with Crippen LogP contribution in [0.4, 0.5) is 0 Å². The van der Waals surface area contributed by atoms with Gasteiger partial charge in [0.2, 0.25) is 0 Å². The van der Waals surface area contributed by atoms with Crippen LogP contribution in [0.2, 0.25) is 0 Å². The number of allylic oxidation sites excluding steroid dienone is 1. The summed E-state index contributed by atoms with van der Waals surface area (Å²) in [6.45, 7) is 0. The van der Waals surface area contributed by atoms with Gasteiger partial charge in [0.1, 0.15) is 26.0 Å². The Morgan fingerprint density at radius 1 is 1.17 bits per heavy atom. The number of hydrogen-bond acceptors (Lipinski definition) is 8. The van der Waals surface area contributed by atoms with E-state index in [2.05, 4.69) is 0 Å². The molecule has 0 aliphatic heterocycles. The second-order valence-electron chi connectivity index (χ2n) is 3.07. The summed E-state index contributed by atoms with van der Waals surface area (Å²) >= 11 is 0. The van der Waals surface area contributed by atoms with Crippen LogP contribution < -0.4 is 59.1 Å². The zero-order chi connectivity index (χ0) is 12.8. The quantitative estimate of drug-likeness (QED) is 0.376. The molecule has 1 atom stereocenters. The van der Waals surface area contributed by atoms with Gasteiger partial charge < -0.3 is 19.3 Å². The summed E-state index contributed by atoms with van der Waals surface area (Å²) in [7, 11) is -10.4. The Bertz CT molecular complexity index is 575. The van der Waals surface area contributed by atoms with E-state index in [0.717, 1.165) is 0 Å². The second-order valence-corrected chi connectivity index (χ2v) is 6.09. The molecule has 1 aliphatic carbocycles. The van der Waals surface area contributed by atoms with E-state index >= 15 is 0 Å². The van der Waals surface area contributed by atoms with Gasteiger partial charge in [0, 0.05) is 6.42 Å². The first-order valence-electron chi connectivity index (χ1n) is 3.72. The Morgan fingerprint density at radius 2 is 1.61 bits per heavy atom. The minimum absolute atomic E-state index is 0. The normalized spacial score (nSPS) is 24.2. The van der Waals surface area contributed by atoms with Gasteiger partial charge in [0.05, 0.1) is 4.91 Å². The van der Waals surface area contributed by atoms with E-state index in [1.165, 1.54) is 0 Å². The molecule has 92 valence electrons. The first kappa shape index (κ1) is 21.4. The summed E-state index contributed by atoms with van der Waals surface area (Å²) in [5, 5.41) is 18.3. The number of rotatable bonds is 2. The molecule has 0 aromatic heterocycles. The van der Waals surface area contributed by atoms with Crippen molar-refractivity contribution in [1.82, 2.24) is 0 Å². The second kappa shape index (κ2) is 6.68. The van der Waals surface area contributed by atoms with E-state index in [1.807, 2.05) is 0 Å². The van der Waals surface area contributed by atoms with Crippen molar-refractivity contribution in [2.45, 2.75) is 11.4 Å². The van der Waals surface area contributed by atoms with Crippen molar-refractivity contribution in [3.8, 4) is 0 Å². The molecule has 1 aliphatic rings. The Hall–Kier alpha value is 1.06. The first-order valence-corrected chi connectivity index (χ1v) is 6.54. The van der Waals surface area contributed by atoms with Gasteiger partial charge in [-0.2, -0.15) is 0 Å². The predicted molar refractivity (Wildman–Crippen MR) is 47.8 cm³/mol. The maximum absolute atomic E-state index is 10.6. The molecule has 0 saturated carbocycles. The summed E-state index contributed by atoms with van der Waals surface area (Å²) in [4.78, 5) is -4.27. The molecule has 0 heterocycles. The molecule has 0 aromatic rings. The van der Waals surface area contributed by atoms with E-state index in [1.54, 1.807) is 0 Å². The van der Waals surface area contributed by atoms with E-state index < -0.39 is 42.3 Å². The number of aliphatic hydroxyl groups is 2. The van der Waals surface area contributed by atoms with Crippen LogP contribution in [-0.4, -0.2) is 41.1 Å². The van der Waals surface area contributed by atoms with Crippen molar-refractivity contribution in [3.63, 3.8) is 0 Å². The molecule has 12 heteroatoms. The molecule has 0 amide bonds. The van der Waals surface area contributed by atoms with E-state index in [9.17, 15) is 31.0 Å². The monoisotopic (exact) mass is 316 g/mol. The van der Waals surface area contributed by atoms with Crippen LogP contribution in [0.3, 0.4) is 0 Å². The third-order valence-electron chi connectivity index (χ3n) is 1.94. The minimum atomic E-state index is -5.27. The molecule has 1 unspecified atom stereocenters. The van der Waals surface area contributed by atoms with Crippen molar-refractivity contribution >= 4 is 20.2 Å². The molecule has 0 spiro atoms. The van der Waals surface area contributed by atoms with Gasteiger partial charge >= 0.3 is 59.1 Å². The molecule has 18 heavy (non-hydrogen) atoms. The summed E-state index contributed by atoms with van der Waals surface area (Å²) in [6.07, 6.45) is -0.407. The molecule has 2 N–H and O–H groups in total. The van der Waals surface area contributed by atoms with Crippen LogP contribution >= 0.6 is 0 Å². The molecule has 1 rings (SSSR count). The molecular weight excluding hydrogens is 310 g/mol. The summed E-state index contributed by atoms with van der Waals surface area (Å²) < 4.78 is 63.7. The maximum Gasteiger partial charge on any atom is 1.00 e. The number of hydrogen-bond donors (Lipinski definition) is 2. The summed E-state index contributed by atoms with van der Waals surface area (Å²) in [5.74, 6) is -0.997. The average Bonchev–Trinajstić information content (AvgIpc) is 2.05. The Kier molecular flexibility index (Phi) is 7.92. The van der Waals surface area contributed by atoms with Crippen molar-refractivity contribution in [2.75, 3.05) is 0 Å². The minimum Gasteiger partial charge on any atom is -0.745 e. The molecule has 8 nitrogen and oxygen atoms in total.